The van der Waals surface area contributed by atoms with Gasteiger partial charge in [-0.1, -0.05) is 121 Å². The van der Waals surface area contributed by atoms with Gasteiger partial charge in [0.1, 0.15) is 6.04 Å². The van der Waals surface area contributed by atoms with E-state index in [2.05, 4.69) is 54.3 Å². The van der Waals surface area contributed by atoms with Crippen molar-refractivity contribution >= 4 is 36.3 Å². The summed E-state index contributed by atoms with van der Waals surface area (Å²) in [7, 11) is 0. The zero-order valence-corrected chi connectivity index (χ0v) is 22.7. The standard InChI is InChI=1S/C32H31NO3S2/c34-30(25(22-37)21-24-13-5-1-6-14-24)33-29(31(35)36)23-38-32(26-15-7-2-8-16-26,27-17-9-3-10-18-27)28-19-11-4-12-20-28/h1-20,25,29,37H,21-23H2,(H,33,34)(H,35,36). The summed E-state index contributed by atoms with van der Waals surface area (Å²) in [6, 6.07) is 38.9. The molecule has 0 aromatic heterocycles. The number of carboxylic acids is 1. The van der Waals surface area contributed by atoms with Crippen LogP contribution < -0.4 is 5.32 Å². The molecule has 194 valence electrons. The molecule has 0 heterocycles. The van der Waals surface area contributed by atoms with E-state index < -0.39 is 22.7 Å². The minimum atomic E-state index is -1.07. The number of benzene rings is 4. The molecule has 0 radical (unpaired) electrons. The van der Waals surface area contributed by atoms with Gasteiger partial charge in [-0.25, -0.2) is 4.79 Å². The van der Waals surface area contributed by atoms with E-state index >= 15 is 0 Å². The Bertz CT molecular complexity index is 1210. The molecule has 0 aliphatic heterocycles. The van der Waals surface area contributed by atoms with Crippen LogP contribution in [0, 0.1) is 5.92 Å². The van der Waals surface area contributed by atoms with E-state index in [9.17, 15) is 14.7 Å². The molecule has 0 fully saturated rings. The van der Waals surface area contributed by atoms with E-state index in [1.165, 1.54) is 11.8 Å². The lowest BCUT2D eigenvalue weighted by molar-refractivity contribution is -0.141. The van der Waals surface area contributed by atoms with Crippen LogP contribution in [0.2, 0.25) is 0 Å². The summed E-state index contributed by atoms with van der Waals surface area (Å²) >= 11 is 5.90. The highest BCUT2D eigenvalue weighted by atomic mass is 32.2. The van der Waals surface area contributed by atoms with E-state index in [-0.39, 0.29) is 11.7 Å². The number of rotatable bonds is 12. The van der Waals surface area contributed by atoms with Gasteiger partial charge in [-0.15, -0.1) is 11.8 Å². The summed E-state index contributed by atoms with van der Waals surface area (Å²) in [4.78, 5) is 25.6. The third-order valence-electron chi connectivity index (χ3n) is 6.54. The Morgan fingerprint density at radius 2 is 1.16 bits per heavy atom. The number of carbonyl (C=O) groups is 2. The summed E-state index contributed by atoms with van der Waals surface area (Å²) in [5, 5.41) is 12.9. The van der Waals surface area contributed by atoms with Crippen molar-refractivity contribution in [3.05, 3.63) is 144 Å². The quantitative estimate of drug-likeness (QED) is 0.150. The lowest BCUT2D eigenvalue weighted by Crippen LogP contribution is -2.46. The van der Waals surface area contributed by atoms with Crippen LogP contribution in [0.3, 0.4) is 0 Å². The summed E-state index contributed by atoms with van der Waals surface area (Å²) < 4.78 is -0.671. The SMILES string of the molecule is O=C(NC(CSC(c1ccccc1)(c1ccccc1)c1ccccc1)C(=O)O)C(CS)Cc1ccccc1. The van der Waals surface area contributed by atoms with Crippen LogP contribution >= 0.6 is 24.4 Å². The third kappa shape index (κ3) is 6.50. The molecule has 4 rings (SSSR count). The van der Waals surface area contributed by atoms with E-state index in [0.29, 0.717) is 12.2 Å². The van der Waals surface area contributed by atoms with Crippen molar-refractivity contribution in [3.63, 3.8) is 0 Å². The molecule has 0 saturated heterocycles. The molecule has 4 aromatic carbocycles. The lowest BCUT2D eigenvalue weighted by atomic mass is 9.84. The first-order valence-electron chi connectivity index (χ1n) is 12.5. The van der Waals surface area contributed by atoms with Crippen molar-refractivity contribution in [1.29, 1.82) is 0 Å². The van der Waals surface area contributed by atoms with Crippen LogP contribution in [0.1, 0.15) is 22.3 Å². The van der Waals surface area contributed by atoms with Gasteiger partial charge in [-0.2, -0.15) is 12.6 Å². The molecule has 38 heavy (non-hydrogen) atoms. The monoisotopic (exact) mass is 541 g/mol. The van der Waals surface area contributed by atoms with Gasteiger partial charge in [0.2, 0.25) is 5.91 Å². The fourth-order valence-corrected chi connectivity index (χ4v) is 6.43. The Morgan fingerprint density at radius 3 is 1.55 bits per heavy atom. The maximum Gasteiger partial charge on any atom is 0.327 e. The van der Waals surface area contributed by atoms with Crippen molar-refractivity contribution in [2.24, 2.45) is 5.92 Å². The first-order chi connectivity index (χ1) is 18.5. The number of aliphatic carboxylic acids is 1. The highest BCUT2D eigenvalue weighted by molar-refractivity contribution is 8.00. The van der Waals surface area contributed by atoms with Crippen molar-refractivity contribution in [2.75, 3.05) is 11.5 Å². The average Bonchev–Trinajstić information content (AvgIpc) is 2.97. The predicted octanol–water partition coefficient (Wildman–Crippen LogP) is 6.07. The average molecular weight is 542 g/mol. The molecular formula is C32H31NO3S2. The topological polar surface area (TPSA) is 66.4 Å². The molecule has 2 unspecified atom stereocenters. The highest BCUT2D eigenvalue weighted by Gasteiger charge is 2.38. The zero-order chi connectivity index (χ0) is 26.8. The second-order valence-electron chi connectivity index (χ2n) is 9.06. The van der Waals surface area contributed by atoms with Crippen molar-refractivity contribution in [2.45, 2.75) is 17.2 Å². The van der Waals surface area contributed by atoms with Crippen LogP contribution in [0.4, 0.5) is 0 Å². The molecule has 4 nitrogen and oxygen atoms in total. The van der Waals surface area contributed by atoms with Crippen LogP contribution in [0.15, 0.2) is 121 Å². The molecule has 2 atom stereocenters. The Morgan fingerprint density at radius 1 is 0.737 bits per heavy atom. The smallest absolute Gasteiger partial charge is 0.327 e. The van der Waals surface area contributed by atoms with Gasteiger partial charge >= 0.3 is 5.97 Å². The minimum Gasteiger partial charge on any atom is -0.480 e. The Balaban J connectivity index is 1.64. The largest absolute Gasteiger partial charge is 0.480 e. The van der Waals surface area contributed by atoms with E-state index in [4.69, 9.17) is 0 Å². The summed E-state index contributed by atoms with van der Waals surface area (Å²) in [5.74, 6) is -1.31. The molecule has 2 N–H and O–H groups in total. The third-order valence-corrected chi connectivity index (χ3v) is 8.62. The Hall–Kier alpha value is -3.48. The number of thiol groups is 1. The normalized spacial score (nSPS) is 12.9. The number of hydrogen-bond donors (Lipinski definition) is 3. The second kappa shape index (κ2) is 13.4. The van der Waals surface area contributed by atoms with E-state index in [1.54, 1.807) is 0 Å². The maximum absolute atomic E-state index is 13.2. The zero-order valence-electron chi connectivity index (χ0n) is 20.9. The number of amides is 1. The first-order valence-corrected chi connectivity index (χ1v) is 14.1. The van der Waals surface area contributed by atoms with Crippen LogP contribution in [0.5, 0.6) is 0 Å². The van der Waals surface area contributed by atoms with Gasteiger partial charge in [0, 0.05) is 11.5 Å². The van der Waals surface area contributed by atoms with Gasteiger partial charge in [-0.3, -0.25) is 4.79 Å². The highest BCUT2D eigenvalue weighted by Crippen LogP contribution is 2.48. The molecular weight excluding hydrogens is 510 g/mol. The minimum absolute atomic E-state index is 0.171. The number of nitrogens with one attached hydrogen (secondary N) is 1. The fourth-order valence-electron chi connectivity index (χ4n) is 4.58. The maximum atomic E-state index is 13.2. The van der Waals surface area contributed by atoms with Gasteiger partial charge in [0.05, 0.1) is 10.7 Å². The van der Waals surface area contributed by atoms with Gasteiger partial charge in [0.25, 0.3) is 0 Å². The number of carboxylic acid groups (broad SMARTS) is 1. The Kier molecular flexibility index (Phi) is 9.68. The van der Waals surface area contributed by atoms with Crippen LogP contribution in [0.25, 0.3) is 0 Å². The summed E-state index contributed by atoms with van der Waals surface area (Å²) in [6.07, 6.45) is 0.498. The molecule has 0 spiro atoms. The molecule has 0 bridgehead atoms. The van der Waals surface area contributed by atoms with Gasteiger partial charge in [0.15, 0.2) is 0 Å². The number of thioether (sulfide) groups is 1. The lowest BCUT2D eigenvalue weighted by Gasteiger charge is -2.36. The molecule has 4 aromatic rings. The van der Waals surface area contributed by atoms with Gasteiger partial charge < -0.3 is 10.4 Å². The summed E-state index contributed by atoms with van der Waals surface area (Å²) in [6.45, 7) is 0. The van der Waals surface area contributed by atoms with E-state index in [1.807, 2.05) is 84.9 Å². The first kappa shape index (κ1) is 27.6. The van der Waals surface area contributed by atoms with Gasteiger partial charge in [-0.05, 0) is 28.7 Å². The molecule has 0 aliphatic rings. The molecule has 0 aliphatic carbocycles. The number of hydrogen-bond acceptors (Lipinski definition) is 4. The fraction of sp³-hybridized carbons (Fsp3) is 0.188. The molecule has 0 saturated carbocycles. The molecule has 6 heteroatoms. The van der Waals surface area contributed by atoms with Crippen molar-refractivity contribution < 1.29 is 14.7 Å². The molecule has 1 amide bonds. The van der Waals surface area contributed by atoms with Crippen molar-refractivity contribution in [3.8, 4) is 0 Å². The summed E-state index contributed by atoms with van der Waals surface area (Å²) in [5.41, 5.74) is 4.12. The predicted molar refractivity (Wildman–Crippen MR) is 159 cm³/mol. The van der Waals surface area contributed by atoms with E-state index in [0.717, 1.165) is 22.3 Å². The Labute approximate surface area is 233 Å². The van der Waals surface area contributed by atoms with Crippen molar-refractivity contribution in [1.82, 2.24) is 5.32 Å². The number of carbonyl (C=O) groups excluding carboxylic acids is 1. The van der Waals surface area contributed by atoms with Crippen LogP contribution in [-0.4, -0.2) is 34.5 Å². The van der Waals surface area contributed by atoms with Crippen LogP contribution in [-0.2, 0) is 20.8 Å². The second-order valence-corrected chi connectivity index (χ2v) is 10.7.